The molecule has 5 N–H and O–H groups in total. The molecule has 11 heteroatoms. The van der Waals surface area contributed by atoms with Gasteiger partial charge in [0.25, 0.3) is 5.91 Å². The van der Waals surface area contributed by atoms with Gasteiger partial charge in [0.05, 0.1) is 6.20 Å². The summed E-state index contributed by atoms with van der Waals surface area (Å²) in [7, 11) is 0. The number of pyridine rings is 2. The van der Waals surface area contributed by atoms with E-state index in [0.29, 0.717) is 52.9 Å². The molecule has 1 amide bonds. The number of rotatable bonds is 8. The van der Waals surface area contributed by atoms with Crippen LogP contribution >= 0.6 is 0 Å². The van der Waals surface area contributed by atoms with E-state index in [4.69, 9.17) is 11.5 Å². The highest BCUT2D eigenvalue weighted by molar-refractivity contribution is 5.94. The van der Waals surface area contributed by atoms with E-state index >= 15 is 0 Å². The summed E-state index contributed by atoms with van der Waals surface area (Å²) in [5.41, 5.74) is 16.7. The lowest BCUT2D eigenvalue weighted by Gasteiger charge is -2.09. The minimum atomic E-state index is -0.288. The summed E-state index contributed by atoms with van der Waals surface area (Å²) in [5.74, 6) is 1.52. The molecule has 0 unspecified atom stereocenters. The Morgan fingerprint density at radius 1 is 1.08 bits per heavy atom. The number of nitrogens with two attached hydrogens (primary N) is 2. The lowest BCUT2D eigenvalue weighted by Crippen LogP contribution is -2.24. The average molecular weight is 511 g/mol. The number of aryl methyl sites for hydroxylation is 3. The van der Waals surface area contributed by atoms with Gasteiger partial charge in [-0.15, -0.1) is 0 Å². The summed E-state index contributed by atoms with van der Waals surface area (Å²) in [6, 6.07) is 7.31. The third-order valence-corrected chi connectivity index (χ3v) is 5.59. The summed E-state index contributed by atoms with van der Waals surface area (Å²) in [6.07, 6.45) is 9.24. The van der Waals surface area contributed by atoms with Crippen LogP contribution in [-0.4, -0.2) is 41.5 Å². The van der Waals surface area contributed by atoms with E-state index in [2.05, 4.69) is 35.3 Å². The smallest absolute Gasteiger partial charge is 0.270 e. The van der Waals surface area contributed by atoms with Crippen LogP contribution < -0.4 is 16.8 Å². The molecule has 0 radical (unpaired) electrons. The Balaban J connectivity index is 1.46. The highest BCUT2D eigenvalue weighted by Gasteiger charge is 2.14. The number of hydrogen-bond donors (Lipinski definition) is 3. The lowest BCUT2D eigenvalue weighted by atomic mass is 10.1. The molecule has 0 spiro atoms. The minimum absolute atomic E-state index is 0.260. The maximum atomic E-state index is 12.8. The number of carbonyl (C=O) groups is 1. The first kappa shape index (κ1) is 26.1. The van der Waals surface area contributed by atoms with Crippen molar-refractivity contribution >= 4 is 17.6 Å². The number of nitrogens with one attached hydrogen (secondary N) is 1. The molecule has 0 aliphatic rings. The number of amides is 1. The van der Waals surface area contributed by atoms with Crippen molar-refractivity contribution in [3.05, 3.63) is 88.9 Å². The van der Waals surface area contributed by atoms with Crippen LogP contribution in [0.5, 0.6) is 0 Å². The summed E-state index contributed by atoms with van der Waals surface area (Å²) in [6.45, 7) is 7.88. The van der Waals surface area contributed by atoms with Crippen molar-refractivity contribution in [2.24, 2.45) is 16.5 Å². The van der Waals surface area contributed by atoms with E-state index in [9.17, 15) is 4.79 Å². The summed E-state index contributed by atoms with van der Waals surface area (Å²) in [4.78, 5) is 35.0. The Kier molecular flexibility index (Phi) is 7.86. The normalized spacial score (nSPS) is 12.0. The van der Waals surface area contributed by atoms with Gasteiger partial charge >= 0.3 is 0 Å². The number of nitrogens with zero attached hydrogens (tertiary/aromatic N) is 7. The number of aliphatic imine (C=N–C) groups is 1. The van der Waals surface area contributed by atoms with Gasteiger partial charge in [-0.25, -0.2) is 24.6 Å². The van der Waals surface area contributed by atoms with Crippen LogP contribution in [-0.2, 0) is 6.54 Å². The van der Waals surface area contributed by atoms with Crippen LogP contribution in [0.3, 0.4) is 0 Å². The van der Waals surface area contributed by atoms with Crippen LogP contribution in [0.1, 0.15) is 46.2 Å². The monoisotopic (exact) mass is 510 g/mol. The van der Waals surface area contributed by atoms with E-state index < -0.39 is 0 Å². The van der Waals surface area contributed by atoms with Crippen molar-refractivity contribution in [2.45, 2.75) is 40.7 Å². The fourth-order valence-electron chi connectivity index (χ4n) is 3.59. The predicted octanol–water partition coefficient (Wildman–Crippen LogP) is 3.22. The molecule has 0 aromatic carbocycles. The molecule has 38 heavy (non-hydrogen) atoms. The molecule has 0 fully saturated rings. The van der Waals surface area contributed by atoms with Gasteiger partial charge in [-0.05, 0) is 62.1 Å². The van der Waals surface area contributed by atoms with Gasteiger partial charge in [0.2, 0.25) is 0 Å². The van der Waals surface area contributed by atoms with Gasteiger partial charge in [-0.1, -0.05) is 13.0 Å². The average Bonchev–Trinajstić information content (AvgIpc) is 3.33. The molecule has 4 rings (SSSR count). The molecule has 194 valence electrons. The Bertz CT molecular complexity index is 1520. The van der Waals surface area contributed by atoms with Crippen molar-refractivity contribution in [2.75, 3.05) is 0 Å². The third kappa shape index (κ3) is 6.44. The maximum Gasteiger partial charge on any atom is 0.270 e. The standard InChI is InChI=1S/C27H30N10O/c1-5-21(28)10-22(29)35-23-9-18(4)34-26(36-23)20-8-17(3)25(31-14-20)27(38)32-13-19-6-7-24(30-12-19)37-15-16(2)11-33-37/h6-12,14-15H,5,13,28H2,1-4H3,(H,32,38)(H2,29,34,35,36)/b21-10-. The maximum absolute atomic E-state index is 12.8. The Labute approximate surface area is 220 Å². The molecule has 4 aromatic rings. The van der Waals surface area contributed by atoms with E-state index in [1.165, 1.54) is 0 Å². The van der Waals surface area contributed by atoms with E-state index in [-0.39, 0.29) is 11.7 Å². The molecule has 0 aliphatic heterocycles. The zero-order chi connectivity index (χ0) is 27.2. The molecule has 11 nitrogen and oxygen atoms in total. The Hall–Kier alpha value is -4.93. The molecule has 4 aromatic heterocycles. The van der Waals surface area contributed by atoms with Gasteiger partial charge in [0.15, 0.2) is 17.5 Å². The molecule has 0 saturated heterocycles. The highest BCUT2D eigenvalue weighted by atomic mass is 16.1. The number of carbonyl (C=O) groups excluding carboxylic acids is 1. The fourth-order valence-corrected chi connectivity index (χ4v) is 3.59. The Morgan fingerprint density at radius 2 is 1.89 bits per heavy atom. The summed E-state index contributed by atoms with van der Waals surface area (Å²) < 4.78 is 1.70. The molecule has 0 saturated carbocycles. The largest absolute Gasteiger partial charge is 0.402 e. The summed E-state index contributed by atoms with van der Waals surface area (Å²) in [5, 5.41) is 7.15. The molecule has 0 aliphatic carbocycles. The first-order valence-electron chi connectivity index (χ1n) is 12.1. The van der Waals surface area contributed by atoms with Crippen molar-refractivity contribution in [1.29, 1.82) is 0 Å². The van der Waals surface area contributed by atoms with E-state index in [1.54, 1.807) is 35.4 Å². The van der Waals surface area contributed by atoms with Crippen LogP contribution in [0.15, 0.2) is 65.8 Å². The van der Waals surface area contributed by atoms with Crippen molar-refractivity contribution in [3.8, 4) is 17.2 Å². The van der Waals surface area contributed by atoms with Gasteiger partial charge in [-0.2, -0.15) is 5.10 Å². The Morgan fingerprint density at radius 3 is 2.55 bits per heavy atom. The zero-order valence-electron chi connectivity index (χ0n) is 21.8. The first-order chi connectivity index (χ1) is 18.2. The van der Waals surface area contributed by atoms with Crippen molar-refractivity contribution < 1.29 is 4.79 Å². The van der Waals surface area contributed by atoms with Crippen LogP contribution in [0.25, 0.3) is 17.2 Å². The quantitative estimate of drug-likeness (QED) is 0.240. The molecule has 0 bridgehead atoms. The minimum Gasteiger partial charge on any atom is -0.402 e. The number of allylic oxidation sites excluding steroid dienone is 1. The highest BCUT2D eigenvalue weighted by Crippen LogP contribution is 2.21. The van der Waals surface area contributed by atoms with Gasteiger partial charge in [0.1, 0.15) is 11.5 Å². The topological polar surface area (TPSA) is 163 Å². The fraction of sp³-hybridized carbons (Fsp3) is 0.222. The third-order valence-electron chi connectivity index (χ3n) is 5.59. The molecular weight excluding hydrogens is 480 g/mol. The van der Waals surface area contributed by atoms with Crippen LogP contribution in [0.4, 0.5) is 5.82 Å². The second-order valence-corrected chi connectivity index (χ2v) is 8.86. The molecule has 0 atom stereocenters. The second kappa shape index (κ2) is 11.4. The van der Waals surface area contributed by atoms with Crippen LogP contribution in [0.2, 0.25) is 0 Å². The summed E-state index contributed by atoms with van der Waals surface area (Å²) >= 11 is 0. The lowest BCUT2D eigenvalue weighted by molar-refractivity contribution is 0.0945. The number of aromatic nitrogens is 6. The predicted molar refractivity (Wildman–Crippen MR) is 146 cm³/mol. The van der Waals surface area contributed by atoms with Crippen molar-refractivity contribution in [1.82, 2.24) is 35.0 Å². The van der Waals surface area contributed by atoms with Gasteiger partial charge in [0, 0.05) is 48.2 Å². The SMILES string of the molecule is CC/C(N)=C/C(N)=Nc1cc(C)nc(-c2cnc(C(=O)NCc3ccc(-n4cc(C)cn4)nc3)c(C)c2)n1. The van der Waals surface area contributed by atoms with Crippen LogP contribution in [0, 0.1) is 20.8 Å². The van der Waals surface area contributed by atoms with Gasteiger partial charge in [-0.3, -0.25) is 9.78 Å². The number of hydrogen-bond acceptors (Lipinski definition) is 8. The van der Waals surface area contributed by atoms with Crippen molar-refractivity contribution in [3.63, 3.8) is 0 Å². The molecule has 4 heterocycles. The van der Waals surface area contributed by atoms with E-state index in [1.807, 2.05) is 52.1 Å². The second-order valence-electron chi connectivity index (χ2n) is 8.86. The number of amidine groups is 1. The zero-order valence-corrected chi connectivity index (χ0v) is 21.8. The first-order valence-corrected chi connectivity index (χ1v) is 12.1. The van der Waals surface area contributed by atoms with E-state index in [0.717, 1.165) is 16.8 Å². The molecular formula is C27H30N10O. The van der Waals surface area contributed by atoms with Gasteiger partial charge < -0.3 is 16.8 Å².